The summed E-state index contributed by atoms with van der Waals surface area (Å²) in [6, 6.07) is 0.606. The van der Waals surface area contributed by atoms with Crippen LogP contribution in [-0.2, 0) is 4.74 Å². The molecule has 0 aromatic rings. The van der Waals surface area contributed by atoms with E-state index in [9.17, 15) is 0 Å². The van der Waals surface area contributed by atoms with Gasteiger partial charge in [-0.1, -0.05) is 18.7 Å². The second-order valence-electron chi connectivity index (χ2n) is 5.02. The third kappa shape index (κ3) is 2.02. The van der Waals surface area contributed by atoms with Crippen LogP contribution in [0.1, 0.15) is 26.2 Å². The van der Waals surface area contributed by atoms with Crippen LogP contribution in [0.3, 0.4) is 0 Å². The van der Waals surface area contributed by atoms with Gasteiger partial charge < -0.3 is 10.1 Å². The summed E-state index contributed by atoms with van der Waals surface area (Å²) >= 11 is 1.90. The van der Waals surface area contributed by atoms with Gasteiger partial charge in [0.2, 0.25) is 0 Å². The molecule has 1 N–H and O–H groups in total. The predicted molar refractivity (Wildman–Crippen MR) is 63.4 cm³/mol. The van der Waals surface area contributed by atoms with Gasteiger partial charge in [-0.25, -0.2) is 0 Å². The fraction of sp³-hybridized carbons (Fsp3) is 0.909. The first-order chi connectivity index (χ1) is 7.27. The van der Waals surface area contributed by atoms with Crippen LogP contribution in [0.5, 0.6) is 0 Å². The average molecular weight is 226 g/mol. The third-order valence-corrected chi connectivity index (χ3v) is 4.84. The molecule has 0 aromatic heterocycles. The standard InChI is InChI=1S/C11H18N2OS/c1-8-6-9(8)12-10-13-11(7-15-10)2-4-14-5-3-11/h8-9H,2-7H2,1H3,(H,12,13). The Morgan fingerprint density at radius 2 is 2.20 bits per heavy atom. The van der Waals surface area contributed by atoms with E-state index in [2.05, 4.69) is 12.2 Å². The van der Waals surface area contributed by atoms with Crippen molar-refractivity contribution in [3.05, 3.63) is 0 Å². The minimum absolute atomic E-state index is 0.305. The van der Waals surface area contributed by atoms with Gasteiger partial charge in [0.25, 0.3) is 0 Å². The highest BCUT2D eigenvalue weighted by Crippen LogP contribution is 2.36. The molecule has 3 fully saturated rings. The second-order valence-corrected chi connectivity index (χ2v) is 5.99. The topological polar surface area (TPSA) is 33.6 Å². The Morgan fingerprint density at radius 3 is 2.87 bits per heavy atom. The Morgan fingerprint density at radius 1 is 1.47 bits per heavy atom. The lowest BCUT2D eigenvalue weighted by Crippen LogP contribution is -2.48. The maximum Gasteiger partial charge on any atom is 0.157 e. The fourth-order valence-electron chi connectivity index (χ4n) is 2.24. The summed E-state index contributed by atoms with van der Waals surface area (Å²) in [5.41, 5.74) is 0.305. The van der Waals surface area contributed by atoms with Gasteiger partial charge in [0.15, 0.2) is 5.17 Å². The first-order valence-corrected chi connectivity index (χ1v) is 6.83. The molecule has 0 radical (unpaired) electrons. The van der Waals surface area contributed by atoms with Crippen molar-refractivity contribution < 1.29 is 4.74 Å². The highest BCUT2D eigenvalue weighted by molar-refractivity contribution is 8.14. The van der Waals surface area contributed by atoms with Crippen LogP contribution in [0.2, 0.25) is 0 Å². The van der Waals surface area contributed by atoms with Gasteiger partial charge in [-0.15, -0.1) is 0 Å². The number of hydrogen-bond acceptors (Lipinski definition) is 3. The molecule has 15 heavy (non-hydrogen) atoms. The van der Waals surface area contributed by atoms with E-state index in [0.717, 1.165) is 32.0 Å². The SMILES string of the molecule is CC1CC1N=C1NC2(CCOCC2)CS1. The molecule has 0 aromatic carbocycles. The summed E-state index contributed by atoms with van der Waals surface area (Å²) < 4.78 is 5.41. The van der Waals surface area contributed by atoms with Crippen LogP contribution in [0.4, 0.5) is 0 Å². The smallest absolute Gasteiger partial charge is 0.157 e. The van der Waals surface area contributed by atoms with Gasteiger partial charge >= 0.3 is 0 Å². The molecule has 2 atom stereocenters. The Balaban J connectivity index is 1.64. The summed E-state index contributed by atoms with van der Waals surface area (Å²) in [5, 5.41) is 4.82. The summed E-state index contributed by atoms with van der Waals surface area (Å²) in [6.45, 7) is 4.08. The average Bonchev–Trinajstić information content (AvgIpc) is 2.78. The normalized spacial score (nSPS) is 40.7. The van der Waals surface area contributed by atoms with E-state index in [1.807, 2.05) is 11.8 Å². The molecule has 2 saturated heterocycles. The van der Waals surface area contributed by atoms with Crippen molar-refractivity contribution in [2.45, 2.75) is 37.8 Å². The lowest BCUT2D eigenvalue weighted by molar-refractivity contribution is 0.0555. The third-order valence-electron chi connectivity index (χ3n) is 3.66. The summed E-state index contributed by atoms with van der Waals surface area (Å²) in [6.07, 6.45) is 3.56. The Kier molecular flexibility index (Phi) is 2.44. The van der Waals surface area contributed by atoms with Gasteiger partial charge in [0, 0.05) is 19.0 Å². The van der Waals surface area contributed by atoms with Crippen molar-refractivity contribution in [3.8, 4) is 0 Å². The summed E-state index contributed by atoms with van der Waals surface area (Å²) in [5.74, 6) is 1.99. The highest BCUT2D eigenvalue weighted by Gasteiger charge is 2.40. The van der Waals surface area contributed by atoms with Crippen molar-refractivity contribution >= 4 is 16.9 Å². The molecule has 1 saturated carbocycles. The van der Waals surface area contributed by atoms with Gasteiger partial charge in [0.05, 0.1) is 11.6 Å². The maximum absolute atomic E-state index is 5.41. The molecule has 84 valence electrons. The molecule has 0 amide bonds. The minimum Gasteiger partial charge on any atom is -0.381 e. The molecule has 0 bridgehead atoms. The van der Waals surface area contributed by atoms with Crippen LogP contribution >= 0.6 is 11.8 Å². The number of thioether (sulfide) groups is 1. The minimum atomic E-state index is 0.305. The van der Waals surface area contributed by atoms with E-state index in [1.54, 1.807) is 0 Å². The van der Waals surface area contributed by atoms with Crippen LogP contribution in [0, 0.1) is 5.92 Å². The van der Waals surface area contributed by atoms with E-state index >= 15 is 0 Å². The van der Waals surface area contributed by atoms with Crippen molar-refractivity contribution in [2.75, 3.05) is 19.0 Å². The first kappa shape index (κ1) is 9.97. The molecule has 2 heterocycles. The van der Waals surface area contributed by atoms with Crippen LogP contribution in [0.15, 0.2) is 4.99 Å². The zero-order valence-corrected chi connectivity index (χ0v) is 9.98. The van der Waals surface area contributed by atoms with Crippen LogP contribution in [-0.4, -0.2) is 35.7 Å². The van der Waals surface area contributed by atoms with Crippen molar-refractivity contribution in [3.63, 3.8) is 0 Å². The van der Waals surface area contributed by atoms with Crippen molar-refractivity contribution in [1.29, 1.82) is 0 Å². The molecule has 3 rings (SSSR count). The molecule has 3 nitrogen and oxygen atoms in total. The number of aliphatic imine (C=N–C) groups is 1. The quantitative estimate of drug-likeness (QED) is 0.738. The van der Waals surface area contributed by atoms with Crippen molar-refractivity contribution in [1.82, 2.24) is 5.32 Å². The zero-order chi connectivity index (χ0) is 10.3. The predicted octanol–water partition coefficient (Wildman–Crippen LogP) is 1.64. The number of nitrogens with one attached hydrogen (secondary N) is 1. The lowest BCUT2D eigenvalue weighted by Gasteiger charge is -2.32. The summed E-state index contributed by atoms with van der Waals surface area (Å²) in [7, 11) is 0. The lowest BCUT2D eigenvalue weighted by atomic mass is 9.93. The van der Waals surface area contributed by atoms with Crippen LogP contribution in [0.25, 0.3) is 0 Å². The molecule has 2 aliphatic heterocycles. The summed E-state index contributed by atoms with van der Waals surface area (Å²) in [4.78, 5) is 4.75. The monoisotopic (exact) mass is 226 g/mol. The molecule has 1 aliphatic carbocycles. The van der Waals surface area contributed by atoms with E-state index < -0.39 is 0 Å². The molecule has 1 spiro atoms. The van der Waals surface area contributed by atoms with E-state index in [4.69, 9.17) is 9.73 Å². The van der Waals surface area contributed by atoms with E-state index in [-0.39, 0.29) is 0 Å². The number of ether oxygens (including phenoxy) is 1. The van der Waals surface area contributed by atoms with Gasteiger partial charge in [-0.05, 0) is 25.2 Å². The number of amidine groups is 1. The van der Waals surface area contributed by atoms with Gasteiger partial charge in [-0.3, -0.25) is 4.99 Å². The molecular formula is C11H18N2OS. The van der Waals surface area contributed by atoms with E-state index in [1.165, 1.54) is 17.3 Å². The molecule has 2 unspecified atom stereocenters. The highest BCUT2D eigenvalue weighted by atomic mass is 32.2. The Bertz CT molecular complexity index is 286. The number of nitrogens with zero attached hydrogens (tertiary/aromatic N) is 1. The molecule has 3 aliphatic rings. The zero-order valence-electron chi connectivity index (χ0n) is 9.16. The van der Waals surface area contributed by atoms with Gasteiger partial charge in [0.1, 0.15) is 0 Å². The molecule has 4 heteroatoms. The fourth-order valence-corrected chi connectivity index (χ4v) is 3.51. The number of hydrogen-bond donors (Lipinski definition) is 1. The Labute approximate surface area is 95.1 Å². The maximum atomic E-state index is 5.41. The van der Waals surface area contributed by atoms with Gasteiger partial charge in [-0.2, -0.15) is 0 Å². The second kappa shape index (κ2) is 3.67. The Hall–Kier alpha value is -0.220. The van der Waals surface area contributed by atoms with Crippen LogP contribution < -0.4 is 5.32 Å². The molecular weight excluding hydrogens is 208 g/mol. The van der Waals surface area contributed by atoms with E-state index in [0.29, 0.717) is 11.6 Å². The largest absolute Gasteiger partial charge is 0.381 e. The first-order valence-electron chi connectivity index (χ1n) is 5.84. The number of rotatable bonds is 1. The van der Waals surface area contributed by atoms with Crippen molar-refractivity contribution in [2.24, 2.45) is 10.9 Å².